The molecule has 2 atom stereocenters. The summed E-state index contributed by atoms with van der Waals surface area (Å²) in [6.45, 7) is 3.08. The zero-order valence-electron chi connectivity index (χ0n) is 13.7. The molecule has 3 N–H and O–H groups in total. The molecule has 134 valence electrons. The second kappa shape index (κ2) is 7.73. The molecule has 0 radical (unpaired) electrons. The Morgan fingerprint density at radius 2 is 2.08 bits per heavy atom. The third-order valence-corrected chi connectivity index (χ3v) is 3.63. The molecule has 8 nitrogen and oxygen atoms in total. The smallest absolute Gasteiger partial charge is 0.322 e. The number of hydrogen-bond donors (Lipinski definition) is 3. The highest BCUT2D eigenvalue weighted by atomic mass is 19.1. The lowest BCUT2D eigenvalue weighted by Crippen LogP contribution is -2.32. The van der Waals surface area contributed by atoms with Gasteiger partial charge in [-0.05, 0) is 38.0 Å². The summed E-state index contributed by atoms with van der Waals surface area (Å²) in [7, 11) is 0. The largest absolute Gasteiger partial charge is 0.453 e. The molecule has 1 fully saturated rings. The van der Waals surface area contributed by atoms with Crippen LogP contribution in [0.25, 0.3) is 0 Å². The minimum Gasteiger partial charge on any atom is -0.453 e. The molecule has 1 aromatic rings. The van der Waals surface area contributed by atoms with Crippen LogP contribution in [0, 0.1) is 12.7 Å². The average molecular weight is 351 g/mol. The predicted octanol–water partition coefficient (Wildman–Crippen LogP) is 0.993. The summed E-state index contributed by atoms with van der Waals surface area (Å²) in [4.78, 5) is 46.1. The third-order valence-electron chi connectivity index (χ3n) is 3.63. The lowest BCUT2D eigenvalue weighted by Gasteiger charge is -2.15. The second-order valence-electron chi connectivity index (χ2n) is 5.63. The number of amides is 4. The standard InChI is InChI=1S/C16H18FN3O5/c1-8-3-4-10(17)7-12(8)18-14(22)9(2)25-13(21)6-5-11-15(23)20-16(24)19-11/h3-4,7,9,11H,5-6H2,1-2H3,(H,18,22)(H2,19,20,23,24)/t9-,11+/m1/s1. The summed E-state index contributed by atoms with van der Waals surface area (Å²) in [5, 5.41) is 6.90. The van der Waals surface area contributed by atoms with Crippen molar-refractivity contribution in [1.29, 1.82) is 0 Å². The molecule has 25 heavy (non-hydrogen) atoms. The van der Waals surface area contributed by atoms with E-state index in [2.05, 4.69) is 16.0 Å². The number of hydrogen-bond acceptors (Lipinski definition) is 5. The first-order chi connectivity index (χ1) is 11.8. The average Bonchev–Trinajstić information content (AvgIpc) is 2.86. The van der Waals surface area contributed by atoms with Crippen LogP contribution in [0.4, 0.5) is 14.9 Å². The fourth-order valence-electron chi connectivity index (χ4n) is 2.20. The van der Waals surface area contributed by atoms with Gasteiger partial charge in [-0.2, -0.15) is 0 Å². The number of halogens is 1. The van der Waals surface area contributed by atoms with Crippen molar-refractivity contribution < 1.29 is 28.3 Å². The first-order valence-corrected chi connectivity index (χ1v) is 7.64. The predicted molar refractivity (Wildman–Crippen MR) is 85.0 cm³/mol. The summed E-state index contributed by atoms with van der Waals surface area (Å²) in [5.74, 6) is -2.30. The second-order valence-corrected chi connectivity index (χ2v) is 5.63. The molecular weight excluding hydrogens is 333 g/mol. The van der Waals surface area contributed by atoms with E-state index in [0.29, 0.717) is 11.3 Å². The van der Waals surface area contributed by atoms with Crippen molar-refractivity contribution in [3.63, 3.8) is 0 Å². The van der Waals surface area contributed by atoms with Gasteiger partial charge in [-0.3, -0.25) is 19.7 Å². The SMILES string of the molecule is Cc1ccc(F)cc1NC(=O)[C@@H](C)OC(=O)CC[C@@H]1NC(=O)NC1=O. The van der Waals surface area contributed by atoms with Gasteiger partial charge >= 0.3 is 12.0 Å². The first-order valence-electron chi connectivity index (χ1n) is 7.64. The van der Waals surface area contributed by atoms with Crippen molar-refractivity contribution in [1.82, 2.24) is 10.6 Å². The van der Waals surface area contributed by atoms with Crippen molar-refractivity contribution in [2.45, 2.75) is 38.8 Å². The number of carbonyl (C=O) groups excluding carboxylic acids is 4. The number of urea groups is 1. The van der Waals surface area contributed by atoms with E-state index in [-0.39, 0.29) is 12.8 Å². The zero-order chi connectivity index (χ0) is 18.6. The van der Waals surface area contributed by atoms with Crippen LogP contribution >= 0.6 is 0 Å². The first kappa shape index (κ1) is 18.4. The number of imide groups is 1. The zero-order valence-corrected chi connectivity index (χ0v) is 13.7. The van der Waals surface area contributed by atoms with Crippen LogP contribution in [0.3, 0.4) is 0 Å². The molecule has 4 amide bonds. The van der Waals surface area contributed by atoms with E-state index < -0.39 is 41.8 Å². The van der Waals surface area contributed by atoms with Crippen LogP contribution in [0.1, 0.15) is 25.3 Å². The Labute approximate surface area is 143 Å². The number of carbonyl (C=O) groups is 4. The summed E-state index contributed by atoms with van der Waals surface area (Å²) in [6, 6.07) is 2.55. The Kier molecular flexibility index (Phi) is 5.68. The van der Waals surface area contributed by atoms with Crippen LogP contribution in [-0.4, -0.2) is 36.0 Å². The highest BCUT2D eigenvalue weighted by molar-refractivity contribution is 6.04. The summed E-state index contributed by atoms with van der Waals surface area (Å²) in [5.41, 5.74) is 0.953. The molecule has 9 heteroatoms. The van der Waals surface area contributed by atoms with Crippen molar-refractivity contribution in [2.75, 3.05) is 5.32 Å². The maximum Gasteiger partial charge on any atom is 0.322 e. The van der Waals surface area contributed by atoms with Gasteiger partial charge in [0, 0.05) is 12.1 Å². The minimum atomic E-state index is -1.10. The Morgan fingerprint density at radius 3 is 2.72 bits per heavy atom. The van der Waals surface area contributed by atoms with Crippen LogP contribution in [0.5, 0.6) is 0 Å². The summed E-state index contributed by atoms with van der Waals surface area (Å²) in [6.07, 6.45) is -1.18. The molecule has 0 aliphatic carbocycles. The number of benzene rings is 1. The van der Waals surface area contributed by atoms with Gasteiger partial charge in [0.1, 0.15) is 11.9 Å². The molecule has 1 aromatic carbocycles. The van der Waals surface area contributed by atoms with Gasteiger partial charge in [-0.25, -0.2) is 9.18 Å². The molecule has 0 bridgehead atoms. The highest BCUT2D eigenvalue weighted by Gasteiger charge is 2.30. The van der Waals surface area contributed by atoms with E-state index in [1.54, 1.807) is 6.92 Å². The lowest BCUT2D eigenvalue weighted by atomic mass is 10.1. The van der Waals surface area contributed by atoms with Gasteiger partial charge < -0.3 is 15.4 Å². The topological polar surface area (TPSA) is 114 Å². The Bertz CT molecular complexity index is 722. The Morgan fingerprint density at radius 1 is 1.36 bits per heavy atom. The molecule has 1 aliphatic heterocycles. The minimum absolute atomic E-state index is 0.0632. The number of nitrogens with one attached hydrogen (secondary N) is 3. The fraction of sp³-hybridized carbons (Fsp3) is 0.375. The molecule has 1 saturated heterocycles. The van der Waals surface area contributed by atoms with Gasteiger partial charge in [0.05, 0.1) is 0 Å². The van der Waals surface area contributed by atoms with Crippen LogP contribution in [-0.2, 0) is 19.1 Å². The van der Waals surface area contributed by atoms with Gasteiger partial charge in [0.25, 0.3) is 11.8 Å². The van der Waals surface area contributed by atoms with Gasteiger partial charge in [-0.1, -0.05) is 6.07 Å². The van der Waals surface area contributed by atoms with Crippen molar-refractivity contribution in [3.05, 3.63) is 29.6 Å². The van der Waals surface area contributed by atoms with Gasteiger partial charge in [-0.15, -0.1) is 0 Å². The van der Waals surface area contributed by atoms with E-state index >= 15 is 0 Å². The quantitative estimate of drug-likeness (QED) is 0.522. The van der Waals surface area contributed by atoms with E-state index in [1.165, 1.54) is 25.1 Å². The number of esters is 1. The van der Waals surface area contributed by atoms with Crippen LogP contribution in [0.15, 0.2) is 18.2 Å². The molecule has 1 aliphatic rings. The van der Waals surface area contributed by atoms with E-state index in [0.717, 1.165) is 0 Å². The van der Waals surface area contributed by atoms with E-state index in [4.69, 9.17) is 4.74 Å². The normalized spacial score (nSPS) is 17.5. The maximum atomic E-state index is 13.2. The van der Waals surface area contributed by atoms with E-state index in [9.17, 15) is 23.6 Å². The van der Waals surface area contributed by atoms with Gasteiger partial charge in [0.15, 0.2) is 6.10 Å². The fourth-order valence-corrected chi connectivity index (χ4v) is 2.20. The lowest BCUT2D eigenvalue weighted by molar-refractivity contribution is -0.153. The van der Waals surface area contributed by atoms with Crippen LogP contribution in [0.2, 0.25) is 0 Å². The number of anilines is 1. The molecule has 1 heterocycles. The molecule has 0 aromatic heterocycles. The summed E-state index contributed by atoms with van der Waals surface area (Å²) < 4.78 is 18.2. The van der Waals surface area contributed by atoms with E-state index in [1.807, 2.05) is 0 Å². The number of ether oxygens (including phenoxy) is 1. The Balaban J connectivity index is 1.82. The highest BCUT2D eigenvalue weighted by Crippen LogP contribution is 2.16. The number of rotatable bonds is 6. The van der Waals surface area contributed by atoms with Crippen molar-refractivity contribution >= 4 is 29.5 Å². The number of aryl methyl sites for hydroxylation is 1. The third kappa shape index (κ3) is 5.00. The monoisotopic (exact) mass is 351 g/mol. The van der Waals surface area contributed by atoms with Gasteiger partial charge in [0.2, 0.25) is 0 Å². The molecule has 2 rings (SSSR count). The van der Waals surface area contributed by atoms with Crippen molar-refractivity contribution in [3.8, 4) is 0 Å². The van der Waals surface area contributed by atoms with Crippen molar-refractivity contribution in [2.24, 2.45) is 0 Å². The Hall–Kier alpha value is -2.97. The van der Waals surface area contributed by atoms with Crippen LogP contribution < -0.4 is 16.0 Å². The maximum absolute atomic E-state index is 13.2. The summed E-state index contributed by atoms with van der Waals surface area (Å²) >= 11 is 0. The molecule has 0 spiro atoms. The molecule has 0 unspecified atom stereocenters. The molecule has 0 saturated carbocycles. The molecular formula is C16H18FN3O5.